The molecule has 246 valence electrons. The molecule has 5 heterocycles. The van der Waals surface area contributed by atoms with Crippen molar-refractivity contribution in [1.82, 2.24) is 29.0 Å². The third-order valence-electron chi connectivity index (χ3n) is 8.98. The van der Waals surface area contributed by atoms with Crippen LogP contribution in [0.15, 0.2) is 70.7 Å². The average Bonchev–Trinajstić information content (AvgIpc) is 3.81. The molecule has 0 saturated carbocycles. The Kier molecular flexibility index (Phi) is 8.49. The minimum Gasteiger partial charge on any atom is -0.468 e. The van der Waals surface area contributed by atoms with Gasteiger partial charge in [0.2, 0.25) is 5.91 Å². The molecule has 0 aliphatic carbocycles. The molecule has 0 spiro atoms. The lowest BCUT2D eigenvalue weighted by atomic mass is 10.0. The summed E-state index contributed by atoms with van der Waals surface area (Å²) >= 11 is 6.70. The number of halogens is 1. The van der Waals surface area contributed by atoms with Gasteiger partial charge in [0, 0.05) is 62.6 Å². The number of amides is 1. The van der Waals surface area contributed by atoms with Crippen molar-refractivity contribution in [2.75, 3.05) is 36.0 Å². The van der Waals surface area contributed by atoms with Crippen LogP contribution in [0.2, 0.25) is 5.02 Å². The van der Waals surface area contributed by atoms with Gasteiger partial charge >= 0.3 is 0 Å². The van der Waals surface area contributed by atoms with Gasteiger partial charge in [0.1, 0.15) is 35.0 Å². The predicted molar refractivity (Wildman–Crippen MR) is 178 cm³/mol. The van der Waals surface area contributed by atoms with E-state index in [1.54, 1.807) is 4.90 Å². The van der Waals surface area contributed by atoms with Gasteiger partial charge in [-0.3, -0.25) is 4.79 Å². The van der Waals surface area contributed by atoms with E-state index in [9.17, 15) is 18.5 Å². The van der Waals surface area contributed by atoms with Crippen molar-refractivity contribution in [3.8, 4) is 6.07 Å². The Balaban J connectivity index is 1.24. The number of hydrogen-bond acceptors (Lipinski definition) is 11. The van der Waals surface area contributed by atoms with Crippen LogP contribution in [0.5, 0.6) is 0 Å². The molecule has 48 heavy (non-hydrogen) atoms. The second kappa shape index (κ2) is 12.9. The van der Waals surface area contributed by atoms with E-state index in [0.717, 1.165) is 56.8 Å². The molecular formula is C33H32ClN9O4S. The molecule has 2 aliphatic heterocycles. The number of furan rings is 1. The Hall–Kier alpha value is -5.00. The van der Waals surface area contributed by atoms with Crippen LogP contribution in [0.3, 0.4) is 0 Å². The highest BCUT2D eigenvalue weighted by Crippen LogP contribution is 2.37. The first-order chi connectivity index (χ1) is 23.2. The maximum absolute atomic E-state index is 13.2. The van der Waals surface area contributed by atoms with Crippen LogP contribution in [-0.4, -0.2) is 75.6 Å². The normalized spacial score (nSPS) is 16.6. The molecule has 1 saturated heterocycles. The Labute approximate surface area is 282 Å². The third-order valence-corrected chi connectivity index (χ3v) is 10.9. The molecule has 1 fully saturated rings. The summed E-state index contributed by atoms with van der Waals surface area (Å²) in [6.45, 7) is 4.28. The van der Waals surface area contributed by atoms with Crippen LogP contribution >= 0.6 is 11.6 Å². The molecule has 15 heteroatoms. The van der Waals surface area contributed by atoms with Crippen molar-refractivity contribution < 1.29 is 17.6 Å². The first-order valence-corrected chi connectivity index (χ1v) is 17.4. The van der Waals surface area contributed by atoms with Gasteiger partial charge in [0.15, 0.2) is 0 Å². The number of anilines is 2. The maximum Gasteiger partial charge on any atom is 0.287 e. The van der Waals surface area contributed by atoms with Crippen LogP contribution in [0.1, 0.15) is 36.2 Å². The van der Waals surface area contributed by atoms with Gasteiger partial charge in [0.25, 0.3) is 10.0 Å². The van der Waals surface area contributed by atoms with Crippen molar-refractivity contribution in [2.45, 2.75) is 50.1 Å². The smallest absolute Gasteiger partial charge is 0.287 e. The van der Waals surface area contributed by atoms with Crippen molar-refractivity contribution in [1.29, 1.82) is 5.26 Å². The number of nitrogens with zero attached hydrogens (tertiary/aromatic N) is 9. The van der Waals surface area contributed by atoms with Crippen molar-refractivity contribution >= 4 is 49.8 Å². The van der Waals surface area contributed by atoms with Crippen LogP contribution < -0.4 is 9.80 Å². The molecule has 0 radical (unpaired) electrons. The predicted octanol–water partition coefficient (Wildman–Crippen LogP) is 4.00. The molecule has 1 amide bonds. The van der Waals surface area contributed by atoms with Crippen LogP contribution in [0.25, 0.3) is 10.8 Å². The summed E-state index contributed by atoms with van der Waals surface area (Å²) in [5, 5.41) is 16.0. The van der Waals surface area contributed by atoms with Crippen molar-refractivity contribution in [2.24, 2.45) is 0 Å². The Morgan fingerprint density at radius 2 is 1.92 bits per heavy atom. The zero-order valence-corrected chi connectivity index (χ0v) is 27.7. The topological polar surface area (TPSA) is 154 Å². The molecule has 2 aromatic carbocycles. The standard InChI is InChI=1S/C33H32ClN9O4S/c1-22(44)42-16-15-41(18-24(42)10-13-35)33-25-11-14-40(28-7-3-5-23-4-2-6-26(34)32(23)28)19-27(25)38-31(39-33)9-8-29-30(12-17-47-29)48(45,46)43-21-36-20-37-43/h2-7,12,17,20-21,24H,8-11,14-16,18-19H2,1H3/t24-/m0/s1. The third kappa shape index (κ3) is 5.84. The summed E-state index contributed by atoms with van der Waals surface area (Å²) in [6.07, 6.45) is 5.07. The maximum atomic E-state index is 13.2. The lowest BCUT2D eigenvalue weighted by Gasteiger charge is -2.42. The molecule has 13 nitrogen and oxygen atoms in total. The molecule has 1 atom stereocenters. The minimum absolute atomic E-state index is 0.00453. The second-order valence-electron chi connectivity index (χ2n) is 11.8. The highest BCUT2D eigenvalue weighted by Gasteiger charge is 2.33. The molecule has 3 aromatic heterocycles. The molecule has 0 bridgehead atoms. The van der Waals surface area contributed by atoms with E-state index in [0.29, 0.717) is 49.9 Å². The number of carbonyl (C=O) groups is 1. The molecule has 0 unspecified atom stereocenters. The number of aromatic nitrogens is 5. The van der Waals surface area contributed by atoms with Crippen LogP contribution in [0.4, 0.5) is 11.5 Å². The monoisotopic (exact) mass is 685 g/mol. The van der Waals surface area contributed by atoms with Crippen molar-refractivity contribution in [3.05, 3.63) is 89.2 Å². The van der Waals surface area contributed by atoms with E-state index in [2.05, 4.69) is 32.0 Å². The number of hydrogen-bond donors (Lipinski definition) is 0. The summed E-state index contributed by atoms with van der Waals surface area (Å²) in [6, 6.07) is 15.4. The molecule has 7 rings (SSSR count). The number of piperazine rings is 1. The summed E-state index contributed by atoms with van der Waals surface area (Å²) < 4.78 is 32.8. The van der Waals surface area contributed by atoms with Gasteiger partial charge in [-0.2, -0.15) is 13.7 Å². The number of fused-ring (bicyclic) bond motifs is 2. The zero-order valence-electron chi connectivity index (χ0n) is 26.2. The average molecular weight is 686 g/mol. The highest BCUT2D eigenvalue weighted by molar-refractivity contribution is 7.89. The van der Waals surface area contributed by atoms with E-state index < -0.39 is 10.0 Å². The number of nitriles is 1. The Morgan fingerprint density at radius 3 is 2.69 bits per heavy atom. The SMILES string of the molecule is CC(=O)N1CCN(c2nc(CCc3occc3S(=O)(=O)n3cncn3)nc3c2CCN(c2cccc4cccc(Cl)c24)C3)C[C@@H]1CC#N. The summed E-state index contributed by atoms with van der Waals surface area (Å²) in [5.41, 5.74) is 2.92. The van der Waals surface area contributed by atoms with E-state index in [-0.39, 0.29) is 35.4 Å². The highest BCUT2D eigenvalue weighted by atomic mass is 35.5. The van der Waals surface area contributed by atoms with Crippen LogP contribution in [-0.2, 0) is 40.6 Å². The van der Waals surface area contributed by atoms with Gasteiger partial charge in [-0.05, 0) is 30.0 Å². The summed E-state index contributed by atoms with van der Waals surface area (Å²) in [5.74, 6) is 1.53. The fraction of sp³-hybridized carbons (Fsp3) is 0.333. The lowest BCUT2D eigenvalue weighted by Crippen LogP contribution is -2.55. The number of carbonyl (C=O) groups excluding carboxylic acids is 1. The first-order valence-electron chi connectivity index (χ1n) is 15.6. The quantitative estimate of drug-likeness (QED) is 0.233. The van der Waals surface area contributed by atoms with Crippen molar-refractivity contribution in [3.63, 3.8) is 0 Å². The van der Waals surface area contributed by atoms with Crippen LogP contribution in [0, 0.1) is 11.3 Å². The van der Waals surface area contributed by atoms with E-state index in [1.807, 2.05) is 30.3 Å². The van der Waals surface area contributed by atoms with E-state index >= 15 is 0 Å². The zero-order chi connectivity index (χ0) is 33.4. The van der Waals surface area contributed by atoms with Gasteiger partial charge in [-0.15, -0.1) is 9.19 Å². The van der Waals surface area contributed by atoms with E-state index in [4.69, 9.17) is 26.0 Å². The lowest BCUT2D eigenvalue weighted by molar-refractivity contribution is -0.131. The first kappa shape index (κ1) is 31.6. The number of benzene rings is 2. The fourth-order valence-electron chi connectivity index (χ4n) is 6.71. The number of rotatable bonds is 8. The van der Waals surface area contributed by atoms with Gasteiger partial charge in [-0.1, -0.05) is 35.9 Å². The summed E-state index contributed by atoms with van der Waals surface area (Å²) in [7, 11) is -3.99. The van der Waals surface area contributed by atoms with Gasteiger partial charge in [0.05, 0.1) is 42.1 Å². The number of aryl methyl sites for hydroxylation is 2. The fourth-order valence-corrected chi connectivity index (χ4v) is 8.20. The molecular weight excluding hydrogens is 654 g/mol. The Morgan fingerprint density at radius 1 is 1.08 bits per heavy atom. The minimum atomic E-state index is -3.99. The Bertz CT molecular complexity index is 2140. The molecule has 2 aliphatic rings. The largest absolute Gasteiger partial charge is 0.468 e. The van der Waals surface area contributed by atoms with Gasteiger partial charge in [-0.25, -0.2) is 15.0 Å². The molecule has 5 aromatic rings. The summed E-state index contributed by atoms with van der Waals surface area (Å²) in [4.78, 5) is 32.4. The van der Waals surface area contributed by atoms with E-state index in [1.165, 1.54) is 19.3 Å². The second-order valence-corrected chi connectivity index (χ2v) is 14.0. The molecule has 0 N–H and O–H groups in total. The van der Waals surface area contributed by atoms with Gasteiger partial charge < -0.3 is 19.1 Å².